The van der Waals surface area contributed by atoms with Gasteiger partial charge >= 0.3 is 0 Å². The Morgan fingerprint density at radius 3 is 2.31 bits per heavy atom. The van der Waals surface area contributed by atoms with Crippen molar-refractivity contribution in [1.82, 2.24) is 41.4 Å². The van der Waals surface area contributed by atoms with E-state index < -0.39 is 17.7 Å². The van der Waals surface area contributed by atoms with Crippen molar-refractivity contribution >= 4 is 47.3 Å². The topological polar surface area (TPSA) is 271 Å². The summed E-state index contributed by atoms with van der Waals surface area (Å²) in [5, 5.41) is 24.9. The maximum absolute atomic E-state index is 12.4. The molecule has 3 aliphatic rings. The number of aldehydes is 1. The summed E-state index contributed by atoms with van der Waals surface area (Å²) in [4.78, 5) is 83.9. The first-order valence-corrected chi connectivity index (χ1v) is 20.9. The highest BCUT2D eigenvalue weighted by Crippen LogP contribution is 2.28. The third kappa shape index (κ3) is 14.4. The number of Topliss-reactive ketones (excluding diaryl/α,β-unsaturated/α-hetero) is 1. The van der Waals surface area contributed by atoms with Crippen molar-refractivity contribution in [2.75, 3.05) is 47.4 Å². The van der Waals surface area contributed by atoms with E-state index in [9.17, 15) is 38.7 Å². The molecule has 0 saturated carbocycles. The third-order valence-electron chi connectivity index (χ3n) is 10.6. The maximum atomic E-state index is 12.4. The fraction of sp³-hybridized carbons (Fsp3) is 0.400. The van der Waals surface area contributed by atoms with Gasteiger partial charge in [-0.1, -0.05) is 36.4 Å². The average molecular weight is 885 g/mol. The van der Waals surface area contributed by atoms with Crippen LogP contribution in [0, 0.1) is 0 Å². The molecule has 10 N–H and O–H groups in total. The van der Waals surface area contributed by atoms with Gasteiger partial charge in [0.2, 0.25) is 23.5 Å². The number of benzene rings is 3. The molecule has 0 spiro atoms. The summed E-state index contributed by atoms with van der Waals surface area (Å²) in [5.74, 6) is 4.89. The predicted molar refractivity (Wildman–Crippen MR) is 238 cm³/mol. The number of carbonyl (C=O) groups is 7. The van der Waals surface area contributed by atoms with Crippen LogP contribution in [-0.4, -0.2) is 121 Å². The van der Waals surface area contributed by atoms with E-state index in [1.54, 1.807) is 61.6 Å². The van der Waals surface area contributed by atoms with E-state index in [0.717, 1.165) is 28.5 Å². The SMILES string of the molecule is CNCC(=O)N1CCCC1C(=O)C(=O)NCc1ccc(OC)c(O)c1.CNCCNC(=O)c1ccc(/C(N)=C/N(N)Cc2cccc3c2CN(C(C)=O)C3)cc1.O=CC1CCC(=O)N1. The van der Waals surface area contributed by atoms with Crippen LogP contribution in [0.25, 0.3) is 5.70 Å². The lowest BCUT2D eigenvalue weighted by Gasteiger charge is -2.23. The number of likely N-dealkylation sites (N-methyl/N-ethyl adjacent to an activating group) is 2. The molecular formula is C45H60N10O9. The molecule has 3 aliphatic heterocycles. The number of hydrogen-bond donors (Lipinski definition) is 8. The van der Waals surface area contributed by atoms with Gasteiger partial charge in [-0.05, 0) is 85.4 Å². The van der Waals surface area contributed by atoms with Crippen LogP contribution in [0.2, 0.25) is 0 Å². The molecule has 2 atom stereocenters. The smallest absolute Gasteiger partial charge is 0.289 e. The zero-order valence-corrected chi connectivity index (χ0v) is 36.8. The highest BCUT2D eigenvalue weighted by atomic mass is 16.5. The first-order valence-electron chi connectivity index (χ1n) is 20.9. The number of phenolic OH excluding ortho intramolecular Hbond substituents is 1. The third-order valence-corrected chi connectivity index (χ3v) is 10.6. The molecule has 3 aromatic rings. The number of ether oxygens (including phenoxy) is 1. The minimum absolute atomic E-state index is 0.0119. The van der Waals surface area contributed by atoms with Gasteiger partial charge in [0.25, 0.3) is 11.8 Å². The van der Waals surface area contributed by atoms with E-state index in [2.05, 4.69) is 26.6 Å². The molecule has 0 radical (unpaired) electrons. The summed E-state index contributed by atoms with van der Waals surface area (Å²) in [6, 6.07) is 17.0. The molecule has 2 saturated heterocycles. The summed E-state index contributed by atoms with van der Waals surface area (Å²) in [5.41, 5.74) is 12.1. The van der Waals surface area contributed by atoms with E-state index in [1.165, 1.54) is 18.1 Å². The first-order chi connectivity index (χ1) is 30.7. The Balaban J connectivity index is 0.000000242. The molecule has 5 amide bonds. The van der Waals surface area contributed by atoms with E-state index >= 15 is 0 Å². The summed E-state index contributed by atoms with van der Waals surface area (Å²) >= 11 is 0. The molecule has 19 heteroatoms. The molecule has 3 aromatic carbocycles. The summed E-state index contributed by atoms with van der Waals surface area (Å²) in [6.45, 7) is 5.29. The van der Waals surface area contributed by atoms with Crippen molar-refractivity contribution in [3.05, 3.63) is 100 Å². The van der Waals surface area contributed by atoms with Crippen molar-refractivity contribution < 1.29 is 43.4 Å². The number of nitrogens with zero attached hydrogens (tertiary/aromatic N) is 3. The number of amides is 5. The summed E-state index contributed by atoms with van der Waals surface area (Å²) in [6.07, 6.45) is 4.81. The lowest BCUT2D eigenvalue weighted by atomic mass is 10.0. The molecule has 2 fully saturated rings. The number of ketones is 1. The molecule has 0 aliphatic carbocycles. The Morgan fingerprint density at radius 1 is 0.969 bits per heavy atom. The van der Waals surface area contributed by atoms with Crippen LogP contribution in [0.15, 0.2) is 66.9 Å². The van der Waals surface area contributed by atoms with E-state index in [0.29, 0.717) is 87.5 Å². The molecular weight excluding hydrogens is 825 g/mol. The minimum Gasteiger partial charge on any atom is -0.504 e. The molecule has 3 heterocycles. The van der Waals surface area contributed by atoms with Crippen molar-refractivity contribution in [3.8, 4) is 11.5 Å². The fourth-order valence-corrected chi connectivity index (χ4v) is 7.17. The number of nitrogens with one attached hydrogen (secondary N) is 5. The molecule has 0 bridgehead atoms. The van der Waals surface area contributed by atoms with E-state index in [-0.39, 0.29) is 48.5 Å². The lowest BCUT2D eigenvalue weighted by Crippen LogP contribution is -2.48. The van der Waals surface area contributed by atoms with Crippen LogP contribution in [0.3, 0.4) is 0 Å². The standard InChI is InChI=1S/C23H30N6O2.C17H23N3O5.C5H7NO2/c1-16(30)28-12-19-4-3-5-20(21(19)14-28)13-29(25)15-22(24)17-6-8-18(9-7-17)23(31)27-11-10-26-2;1-18-10-15(22)20-7-3-4-12(20)16(23)17(24)19-9-11-5-6-14(25-2)13(21)8-11;7-3-4-1-2-5(8)6-4/h3-9,15,26H,10-14,24-25H2,1-2H3,(H,27,31);5-6,8,12,18,21H,3-4,7,9-10H2,1-2H3,(H,19,24);3-4H,1-2H2,(H,6,8)/b22-15-;;. The van der Waals surface area contributed by atoms with Gasteiger partial charge in [0, 0.05) is 64.4 Å². The van der Waals surface area contributed by atoms with Crippen LogP contribution in [-0.2, 0) is 54.9 Å². The Kier molecular flexibility index (Phi) is 19.2. The van der Waals surface area contributed by atoms with Crippen LogP contribution in [0.1, 0.15) is 70.8 Å². The van der Waals surface area contributed by atoms with Gasteiger partial charge in [-0.2, -0.15) is 0 Å². The second-order valence-electron chi connectivity index (χ2n) is 15.3. The number of nitrogens with two attached hydrogens (primary N) is 2. The van der Waals surface area contributed by atoms with Gasteiger partial charge in [-0.25, -0.2) is 5.84 Å². The van der Waals surface area contributed by atoms with Crippen LogP contribution >= 0.6 is 0 Å². The van der Waals surface area contributed by atoms with Gasteiger partial charge < -0.3 is 61.8 Å². The van der Waals surface area contributed by atoms with Crippen LogP contribution in [0.5, 0.6) is 11.5 Å². The largest absolute Gasteiger partial charge is 0.504 e. The summed E-state index contributed by atoms with van der Waals surface area (Å²) < 4.78 is 4.95. The van der Waals surface area contributed by atoms with Crippen LogP contribution < -0.4 is 42.9 Å². The Hall–Kier alpha value is -6.83. The molecule has 6 rings (SSSR count). The number of hydrogen-bond acceptors (Lipinski definition) is 14. The first kappa shape index (κ1) is 49.8. The monoisotopic (exact) mass is 884 g/mol. The second-order valence-corrected chi connectivity index (χ2v) is 15.3. The number of carbonyl (C=O) groups excluding carboxylic acids is 7. The number of methoxy groups -OCH3 is 1. The van der Waals surface area contributed by atoms with Gasteiger partial charge in [-0.3, -0.25) is 28.8 Å². The Bertz CT molecular complexity index is 2160. The normalized spacial score (nSPS) is 16.3. The maximum Gasteiger partial charge on any atom is 0.289 e. The van der Waals surface area contributed by atoms with Crippen molar-refractivity contribution in [2.24, 2.45) is 11.6 Å². The number of rotatable bonds is 16. The predicted octanol–water partition coefficient (Wildman–Crippen LogP) is 0.391. The van der Waals surface area contributed by atoms with Gasteiger partial charge in [-0.15, -0.1) is 0 Å². The minimum atomic E-state index is -0.732. The van der Waals surface area contributed by atoms with Crippen molar-refractivity contribution in [2.45, 2.75) is 70.9 Å². The highest BCUT2D eigenvalue weighted by molar-refractivity contribution is 6.38. The van der Waals surface area contributed by atoms with E-state index in [4.69, 9.17) is 16.3 Å². The van der Waals surface area contributed by atoms with Crippen molar-refractivity contribution in [3.63, 3.8) is 0 Å². The second kappa shape index (κ2) is 24.7. The average Bonchev–Trinajstić information content (AvgIpc) is 4.07. The number of likely N-dealkylation sites (tertiary alicyclic amines) is 1. The fourth-order valence-electron chi connectivity index (χ4n) is 7.17. The summed E-state index contributed by atoms with van der Waals surface area (Å²) in [7, 11) is 4.93. The van der Waals surface area contributed by atoms with Gasteiger partial charge in [0.15, 0.2) is 11.5 Å². The lowest BCUT2D eigenvalue weighted by molar-refractivity contribution is -0.144. The van der Waals surface area contributed by atoms with E-state index in [1.807, 2.05) is 30.1 Å². The Morgan fingerprint density at radius 2 is 1.70 bits per heavy atom. The molecule has 19 nitrogen and oxygen atoms in total. The highest BCUT2D eigenvalue weighted by Gasteiger charge is 2.36. The van der Waals surface area contributed by atoms with Gasteiger partial charge in [0.1, 0.15) is 12.3 Å². The molecule has 344 valence electrons. The van der Waals surface area contributed by atoms with Crippen molar-refractivity contribution in [1.29, 1.82) is 0 Å². The number of fused-ring (bicyclic) bond motifs is 1. The number of hydrazine groups is 1. The zero-order valence-electron chi connectivity index (χ0n) is 36.8. The number of aromatic hydroxyl groups is 1. The number of phenols is 1. The van der Waals surface area contributed by atoms with Gasteiger partial charge in [0.05, 0.1) is 31.9 Å². The zero-order chi connectivity index (χ0) is 46.8. The molecule has 0 aromatic heterocycles. The molecule has 2 unspecified atom stereocenters. The van der Waals surface area contributed by atoms with Crippen LogP contribution in [0.4, 0.5) is 0 Å². The molecule has 64 heavy (non-hydrogen) atoms. The Labute approximate surface area is 372 Å². The quantitative estimate of drug-likeness (QED) is 0.0318.